The highest BCUT2D eigenvalue weighted by molar-refractivity contribution is 8.00. The van der Waals surface area contributed by atoms with Crippen LogP contribution in [0, 0.1) is 0 Å². The molecule has 1 unspecified atom stereocenters. The molecular weight excluding hydrogens is 351 g/mol. The van der Waals surface area contributed by atoms with E-state index in [4.69, 9.17) is 4.74 Å². The molecule has 2 nitrogen and oxygen atoms in total. The van der Waals surface area contributed by atoms with Gasteiger partial charge in [0.25, 0.3) is 0 Å². The lowest BCUT2D eigenvalue weighted by atomic mass is 10.1. The van der Waals surface area contributed by atoms with Gasteiger partial charge in [0, 0.05) is 6.42 Å². The molecule has 0 aromatic carbocycles. The van der Waals surface area contributed by atoms with Gasteiger partial charge in [-0.05, 0) is 31.4 Å². The predicted molar refractivity (Wildman–Crippen MR) is 86.5 cm³/mol. The highest BCUT2D eigenvalue weighted by Crippen LogP contribution is 2.39. The van der Waals surface area contributed by atoms with Crippen molar-refractivity contribution in [3.63, 3.8) is 0 Å². The number of esters is 1. The van der Waals surface area contributed by atoms with E-state index in [1.807, 2.05) is 13.8 Å². The molecule has 0 heterocycles. The van der Waals surface area contributed by atoms with Gasteiger partial charge in [-0.25, -0.2) is 0 Å². The van der Waals surface area contributed by atoms with Gasteiger partial charge in [-0.2, -0.15) is 22.0 Å². The van der Waals surface area contributed by atoms with E-state index in [2.05, 4.69) is 0 Å². The number of alkyl halides is 5. The Hall–Kier alpha value is -0.530. The highest BCUT2D eigenvalue weighted by atomic mass is 32.2. The van der Waals surface area contributed by atoms with Crippen LogP contribution in [0.15, 0.2) is 0 Å². The fraction of sp³-hybridized carbons (Fsp3) is 0.938. The minimum atomic E-state index is -5.49. The summed E-state index contributed by atoms with van der Waals surface area (Å²) in [5, 5.41) is -0.370. The van der Waals surface area contributed by atoms with Crippen molar-refractivity contribution in [2.24, 2.45) is 0 Å². The van der Waals surface area contributed by atoms with Crippen LogP contribution in [0.5, 0.6) is 0 Å². The lowest BCUT2D eigenvalue weighted by Gasteiger charge is -2.19. The lowest BCUT2D eigenvalue weighted by molar-refractivity contribution is -0.284. The second kappa shape index (κ2) is 11.9. The van der Waals surface area contributed by atoms with Crippen LogP contribution in [0.2, 0.25) is 0 Å². The first-order chi connectivity index (χ1) is 11.2. The van der Waals surface area contributed by atoms with Crippen molar-refractivity contribution in [2.45, 2.75) is 82.6 Å². The first-order valence-electron chi connectivity index (χ1n) is 8.38. The topological polar surface area (TPSA) is 26.3 Å². The molecule has 0 fully saturated rings. The monoisotopic (exact) mass is 378 g/mol. The fourth-order valence-electron chi connectivity index (χ4n) is 1.89. The van der Waals surface area contributed by atoms with E-state index in [0.29, 0.717) is 18.8 Å². The van der Waals surface area contributed by atoms with E-state index in [1.54, 1.807) is 0 Å². The number of rotatable bonds is 13. The molecule has 0 spiro atoms. The summed E-state index contributed by atoms with van der Waals surface area (Å²) in [4.78, 5) is 12.0. The minimum Gasteiger partial charge on any atom is -0.465 e. The smallest absolute Gasteiger partial charge is 0.453 e. The van der Waals surface area contributed by atoms with Crippen molar-refractivity contribution >= 4 is 17.7 Å². The van der Waals surface area contributed by atoms with Crippen molar-refractivity contribution in [1.82, 2.24) is 0 Å². The molecule has 1 atom stereocenters. The average Bonchev–Trinajstić information content (AvgIpc) is 2.48. The van der Waals surface area contributed by atoms with Gasteiger partial charge in [0.1, 0.15) is 5.25 Å². The number of carbonyl (C=O) groups is 1. The minimum absolute atomic E-state index is 0.210. The Morgan fingerprint density at radius 3 is 2.17 bits per heavy atom. The molecular formula is C16H27F5O2S. The molecule has 0 radical (unpaired) electrons. The third kappa shape index (κ3) is 9.69. The number of carbonyl (C=O) groups excluding carboxylic acids is 1. The summed E-state index contributed by atoms with van der Waals surface area (Å²) in [6, 6.07) is 0. The molecule has 0 saturated carbocycles. The van der Waals surface area contributed by atoms with E-state index in [9.17, 15) is 26.7 Å². The van der Waals surface area contributed by atoms with Crippen LogP contribution in [-0.4, -0.2) is 35.7 Å². The summed E-state index contributed by atoms with van der Waals surface area (Å²) >= 11 is 1.29. The quantitative estimate of drug-likeness (QED) is 0.224. The molecule has 0 amide bonds. The predicted octanol–water partition coefficient (Wildman–Crippen LogP) is 5.99. The summed E-state index contributed by atoms with van der Waals surface area (Å²) < 4.78 is 66.9. The van der Waals surface area contributed by atoms with E-state index < -0.39 is 18.5 Å². The third-order valence-electron chi connectivity index (χ3n) is 3.44. The van der Waals surface area contributed by atoms with E-state index in [-0.39, 0.29) is 24.1 Å². The number of hydrogen-bond donors (Lipinski definition) is 0. The molecule has 0 N–H and O–H groups in total. The molecule has 0 aliphatic rings. The first kappa shape index (κ1) is 23.5. The summed E-state index contributed by atoms with van der Waals surface area (Å²) in [5.41, 5.74) is 0. The maximum absolute atomic E-state index is 12.8. The summed E-state index contributed by atoms with van der Waals surface area (Å²) in [5.74, 6) is -4.59. The second-order valence-corrected chi connectivity index (χ2v) is 6.99. The normalized spacial score (nSPS) is 13.8. The lowest BCUT2D eigenvalue weighted by Crippen LogP contribution is -2.36. The van der Waals surface area contributed by atoms with Crippen molar-refractivity contribution < 1.29 is 31.5 Å². The molecule has 144 valence electrons. The Kier molecular flexibility index (Phi) is 11.7. The van der Waals surface area contributed by atoms with Crippen LogP contribution in [-0.2, 0) is 9.53 Å². The Bertz CT molecular complexity index is 348. The largest absolute Gasteiger partial charge is 0.465 e. The molecule has 8 heteroatoms. The van der Waals surface area contributed by atoms with Crippen molar-refractivity contribution in [1.29, 1.82) is 0 Å². The molecule has 0 aromatic heterocycles. The molecule has 0 aliphatic carbocycles. The number of unbranched alkanes of at least 4 members (excludes halogenated alkanes) is 3. The van der Waals surface area contributed by atoms with Crippen molar-refractivity contribution in [2.75, 3.05) is 12.4 Å². The summed E-state index contributed by atoms with van der Waals surface area (Å²) in [6.45, 7) is 4.33. The maximum Gasteiger partial charge on any atom is 0.453 e. The molecule has 0 rings (SSSR count). The summed E-state index contributed by atoms with van der Waals surface area (Å²) in [6.07, 6.45) is -2.65. The molecule has 0 bridgehead atoms. The van der Waals surface area contributed by atoms with Crippen LogP contribution >= 0.6 is 11.8 Å². The Morgan fingerprint density at radius 2 is 1.62 bits per heavy atom. The van der Waals surface area contributed by atoms with Gasteiger partial charge in [-0.1, -0.05) is 33.1 Å². The number of ether oxygens (including phenoxy) is 1. The average molecular weight is 378 g/mol. The number of thioether (sulfide) groups is 1. The van der Waals surface area contributed by atoms with Crippen molar-refractivity contribution in [3.05, 3.63) is 0 Å². The fourth-order valence-corrected chi connectivity index (χ4v) is 3.08. The van der Waals surface area contributed by atoms with Gasteiger partial charge in [-0.3, -0.25) is 4.79 Å². The first-order valence-corrected chi connectivity index (χ1v) is 9.43. The van der Waals surface area contributed by atoms with Crippen LogP contribution in [0.3, 0.4) is 0 Å². The Labute approximate surface area is 144 Å². The maximum atomic E-state index is 12.8. The SMILES string of the molecule is CCCCOC(=O)C(CCCC)SCCCCC(F)(F)C(F)(F)F. The zero-order valence-electron chi connectivity index (χ0n) is 14.3. The van der Waals surface area contributed by atoms with E-state index >= 15 is 0 Å². The zero-order chi connectivity index (χ0) is 18.6. The molecule has 24 heavy (non-hydrogen) atoms. The van der Waals surface area contributed by atoms with Gasteiger partial charge >= 0.3 is 18.1 Å². The zero-order valence-corrected chi connectivity index (χ0v) is 15.1. The summed E-state index contributed by atoms with van der Waals surface area (Å²) in [7, 11) is 0. The highest BCUT2D eigenvalue weighted by Gasteiger charge is 2.56. The van der Waals surface area contributed by atoms with Gasteiger partial charge in [0.15, 0.2) is 0 Å². The molecule has 0 aromatic rings. The standard InChI is InChI=1S/C16H27F5O2S/c1-3-5-9-13(14(22)23-11-6-4-2)24-12-8-7-10-15(17,18)16(19,20)21/h13H,3-12H2,1-2H3. The van der Waals surface area contributed by atoms with E-state index in [1.165, 1.54) is 11.8 Å². The van der Waals surface area contributed by atoms with Gasteiger partial charge in [0.2, 0.25) is 0 Å². The van der Waals surface area contributed by atoms with Crippen LogP contribution in [0.4, 0.5) is 22.0 Å². The third-order valence-corrected chi connectivity index (χ3v) is 4.80. The number of halogens is 5. The van der Waals surface area contributed by atoms with E-state index in [0.717, 1.165) is 25.7 Å². The van der Waals surface area contributed by atoms with Crippen LogP contribution in [0.1, 0.15) is 65.2 Å². The number of hydrogen-bond acceptors (Lipinski definition) is 3. The van der Waals surface area contributed by atoms with Crippen LogP contribution < -0.4 is 0 Å². The Morgan fingerprint density at radius 1 is 1.00 bits per heavy atom. The van der Waals surface area contributed by atoms with Crippen LogP contribution in [0.25, 0.3) is 0 Å². The van der Waals surface area contributed by atoms with Gasteiger partial charge < -0.3 is 4.74 Å². The second-order valence-electron chi connectivity index (χ2n) is 5.68. The molecule has 0 aliphatic heterocycles. The Balaban J connectivity index is 4.16. The van der Waals surface area contributed by atoms with Crippen molar-refractivity contribution in [3.8, 4) is 0 Å². The van der Waals surface area contributed by atoms with Gasteiger partial charge in [-0.15, -0.1) is 11.8 Å². The molecule has 0 saturated heterocycles. The van der Waals surface area contributed by atoms with Gasteiger partial charge in [0.05, 0.1) is 6.61 Å².